The van der Waals surface area contributed by atoms with Crippen molar-refractivity contribution in [1.82, 2.24) is 29.9 Å². The second-order valence-corrected chi connectivity index (χ2v) is 15.7. The average molecular weight is 827 g/mol. The molecule has 0 spiro atoms. The van der Waals surface area contributed by atoms with Crippen LogP contribution in [0.25, 0.3) is 107 Å². The molecule has 0 aliphatic heterocycles. The first-order chi connectivity index (χ1) is 31.4. The normalized spacial score (nSPS) is 11.8. The summed E-state index contributed by atoms with van der Waals surface area (Å²) in [6, 6.07) is 56.1. The molecule has 0 saturated carbocycles. The lowest BCUT2D eigenvalue weighted by Gasteiger charge is -2.10. The fourth-order valence-corrected chi connectivity index (χ4v) is 7.79. The van der Waals surface area contributed by atoms with E-state index in [1.807, 2.05) is 67.6 Å². The van der Waals surface area contributed by atoms with Crippen molar-refractivity contribution in [2.24, 2.45) is 0 Å². The largest absolute Gasteiger partial charge is 0.456 e. The Bertz CT molecular complexity index is 3390. The standard InChI is InChI=1S/C57H42N6O/c1-5-10-40(11-6-2)52-58-54(42-18-14-36(3)15-19-42)62-56(59-52)44-26-22-38(23-27-44)46-30-32-50-48(34-46)49-35-47(31-33-51(49)64-50)39-24-28-45(29-25-39)57-61-53(41-12-8-7-9-13-41)60-55(63-57)43-20-16-37(4)17-21-43/h5-35H,1H2,2-4H3/b11-6-,40-10+. The summed E-state index contributed by atoms with van der Waals surface area (Å²) >= 11 is 0. The molecule has 0 radical (unpaired) electrons. The highest BCUT2D eigenvalue weighted by Gasteiger charge is 2.16. The maximum atomic E-state index is 6.35. The van der Waals surface area contributed by atoms with E-state index in [0.29, 0.717) is 34.9 Å². The molecule has 7 aromatic carbocycles. The molecule has 0 amide bonds. The third-order valence-electron chi connectivity index (χ3n) is 11.2. The van der Waals surface area contributed by atoms with Gasteiger partial charge in [0.05, 0.1) is 0 Å². The van der Waals surface area contributed by atoms with Crippen molar-refractivity contribution in [3.8, 4) is 79.2 Å². The number of aryl methyl sites for hydroxylation is 2. The molecule has 64 heavy (non-hydrogen) atoms. The van der Waals surface area contributed by atoms with Gasteiger partial charge in [0.15, 0.2) is 34.9 Å². The zero-order chi connectivity index (χ0) is 43.6. The van der Waals surface area contributed by atoms with Crippen LogP contribution in [0.2, 0.25) is 0 Å². The summed E-state index contributed by atoms with van der Waals surface area (Å²) in [6.45, 7) is 10.0. The third-order valence-corrected chi connectivity index (χ3v) is 11.2. The van der Waals surface area contributed by atoms with Gasteiger partial charge < -0.3 is 4.42 Å². The fourth-order valence-electron chi connectivity index (χ4n) is 7.79. The summed E-state index contributed by atoms with van der Waals surface area (Å²) in [5, 5.41) is 2.10. The Morgan fingerprint density at radius 2 is 0.781 bits per heavy atom. The number of benzene rings is 7. The van der Waals surface area contributed by atoms with Crippen LogP contribution in [0.4, 0.5) is 0 Å². The van der Waals surface area contributed by atoms with Crippen molar-refractivity contribution in [2.75, 3.05) is 0 Å². The van der Waals surface area contributed by atoms with Crippen LogP contribution in [0, 0.1) is 13.8 Å². The van der Waals surface area contributed by atoms with E-state index in [2.05, 4.69) is 142 Å². The summed E-state index contributed by atoms with van der Waals surface area (Å²) < 4.78 is 6.35. The first-order valence-electron chi connectivity index (χ1n) is 21.2. The molecule has 0 atom stereocenters. The first-order valence-corrected chi connectivity index (χ1v) is 21.2. The highest BCUT2D eigenvalue weighted by atomic mass is 16.3. The number of hydrogen-bond donors (Lipinski definition) is 0. The maximum Gasteiger partial charge on any atom is 0.164 e. The Kier molecular flexibility index (Phi) is 10.6. The molecule has 306 valence electrons. The summed E-state index contributed by atoms with van der Waals surface area (Å²) in [7, 11) is 0. The van der Waals surface area contributed by atoms with Gasteiger partial charge in [-0.05, 0) is 67.3 Å². The smallest absolute Gasteiger partial charge is 0.164 e. The van der Waals surface area contributed by atoms with Crippen LogP contribution in [0.1, 0.15) is 23.9 Å². The van der Waals surface area contributed by atoms with Crippen LogP contribution < -0.4 is 0 Å². The molecule has 3 aromatic heterocycles. The van der Waals surface area contributed by atoms with Gasteiger partial charge in [0.25, 0.3) is 0 Å². The number of allylic oxidation sites excluding steroid dienone is 5. The van der Waals surface area contributed by atoms with E-state index >= 15 is 0 Å². The van der Waals surface area contributed by atoms with Crippen LogP contribution >= 0.6 is 0 Å². The number of rotatable bonds is 10. The predicted molar refractivity (Wildman–Crippen MR) is 261 cm³/mol. The number of nitrogens with zero attached hydrogens (tertiary/aromatic N) is 6. The van der Waals surface area contributed by atoms with Gasteiger partial charge >= 0.3 is 0 Å². The summed E-state index contributed by atoms with van der Waals surface area (Å²) in [6.07, 6.45) is 7.62. The monoisotopic (exact) mass is 826 g/mol. The second-order valence-electron chi connectivity index (χ2n) is 15.7. The molecule has 0 unspecified atom stereocenters. The van der Waals surface area contributed by atoms with Crippen LogP contribution in [-0.2, 0) is 0 Å². The molecule has 0 bridgehead atoms. The van der Waals surface area contributed by atoms with Crippen molar-refractivity contribution in [3.63, 3.8) is 0 Å². The lowest BCUT2D eigenvalue weighted by Crippen LogP contribution is -2.02. The van der Waals surface area contributed by atoms with Crippen molar-refractivity contribution < 1.29 is 4.42 Å². The third kappa shape index (κ3) is 8.06. The van der Waals surface area contributed by atoms with Crippen molar-refractivity contribution in [2.45, 2.75) is 20.8 Å². The SMILES string of the molecule is C=C/C=C(\C=C/C)c1nc(-c2ccc(C)cc2)nc(-c2ccc(-c3ccc4oc5ccc(-c6ccc(-c7nc(-c8ccccc8)nc(-c8ccc(C)cc8)n7)cc6)cc5c4c3)cc2)n1. The van der Waals surface area contributed by atoms with E-state index in [1.54, 1.807) is 6.08 Å². The highest BCUT2D eigenvalue weighted by Crippen LogP contribution is 2.36. The fraction of sp³-hybridized carbons (Fsp3) is 0.0526. The number of hydrogen-bond acceptors (Lipinski definition) is 7. The van der Waals surface area contributed by atoms with Crippen molar-refractivity contribution >= 4 is 27.5 Å². The second kappa shape index (κ2) is 17.2. The summed E-state index contributed by atoms with van der Waals surface area (Å²) in [4.78, 5) is 29.5. The Balaban J connectivity index is 0.960. The number of aromatic nitrogens is 6. The maximum absolute atomic E-state index is 6.35. The molecule has 0 aliphatic carbocycles. The molecule has 3 heterocycles. The molecule has 0 saturated heterocycles. The van der Waals surface area contributed by atoms with Crippen LogP contribution in [0.5, 0.6) is 0 Å². The molecule has 0 fully saturated rings. The number of fused-ring (bicyclic) bond motifs is 3. The quantitative estimate of drug-likeness (QED) is 0.127. The predicted octanol–water partition coefficient (Wildman–Crippen LogP) is 14.4. The molecule has 7 heteroatoms. The lowest BCUT2D eigenvalue weighted by molar-refractivity contribution is 0.669. The minimum Gasteiger partial charge on any atom is -0.456 e. The van der Waals surface area contributed by atoms with Crippen molar-refractivity contribution in [1.29, 1.82) is 0 Å². The van der Waals surface area contributed by atoms with Crippen LogP contribution in [-0.4, -0.2) is 29.9 Å². The lowest BCUT2D eigenvalue weighted by atomic mass is 9.99. The molecule has 7 nitrogen and oxygen atoms in total. The van der Waals surface area contributed by atoms with E-state index in [9.17, 15) is 0 Å². The minimum atomic E-state index is 0.586. The van der Waals surface area contributed by atoms with E-state index in [0.717, 1.165) is 77.6 Å². The van der Waals surface area contributed by atoms with Gasteiger partial charge in [-0.3, -0.25) is 0 Å². The van der Waals surface area contributed by atoms with Crippen LogP contribution in [0.3, 0.4) is 0 Å². The molecule has 0 N–H and O–H groups in total. The number of furan rings is 1. The topological polar surface area (TPSA) is 90.5 Å². The zero-order valence-electron chi connectivity index (χ0n) is 35.7. The van der Waals surface area contributed by atoms with Gasteiger partial charge in [-0.15, -0.1) is 0 Å². The van der Waals surface area contributed by atoms with Gasteiger partial charge in [0.2, 0.25) is 0 Å². The van der Waals surface area contributed by atoms with Gasteiger partial charge in [-0.1, -0.05) is 182 Å². The van der Waals surface area contributed by atoms with Crippen LogP contribution in [0.15, 0.2) is 199 Å². The molecule has 10 aromatic rings. The van der Waals surface area contributed by atoms with Gasteiger partial charge in [0.1, 0.15) is 11.2 Å². The highest BCUT2D eigenvalue weighted by molar-refractivity contribution is 6.07. The van der Waals surface area contributed by atoms with E-state index < -0.39 is 0 Å². The van der Waals surface area contributed by atoms with Crippen molar-refractivity contribution in [3.05, 3.63) is 212 Å². The van der Waals surface area contributed by atoms with E-state index in [4.69, 9.17) is 34.3 Å². The Morgan fingerprint density at radius 3 is 1.19 bits per heavy atom. The molecule has 0 aliphatic rings. The van der Waals surface area contributed by atoms with Gasteiger partial charge in [0, 0.05) is 44.2 Å². The van der Waals surface area contributed by atoms with Gasteiger partial charge in [-0.2, -0.15) is 0 Å². The Labute approximate surface area is 372 Å². The van der Waals surface area contributed by atoms with E-state index in [-0.39, 0.29) is 0 Å². The Hall–Kier alpha value is -8.42. The molecule has 10 rings (SSSR count). The summed E-state index contributed by atoms with van der Waals surface area (Å²) in [5.41, 5.74) is 13.8. The molecular weight excluding hydrogens is 785 g/mol. The molecular formula is C57H42N6O. The zero-order valence-corrected chi connectivity index (χ0v) is 35.7. The van der Waals surface area contributed by atoms with E-state index in [1.165, 1.54) is 11.1 Å². The minimum absolute atomic E-state index is 0.586. The first kappa shape index (κ1) is 39.7. The Morgan fingerprint density at radius 1 is 0.422 bits per heavy atom. The van der Waals surface area contributed by atoms with Gasteiger partial charge in [-0.25, -0.2) is 29.9 Å². The average Bonchev–Trinajstić information content (AvgIpc) is 3.72. The summed E-state index contributed by atoms with van der Waals surface area (Å²) in [5.74, 6) is 3.70.